The van der Waals surface area contributed by atoms with Gasteiger partial charge in [0.25, 0.3) is 11.8 Å². The molecular weight excluding hydrogens is 354 g/mol. The monoisotopic (exact) mass is 371 g/mol. The molecule has 0 radical (unpaired) electrons. The minimum atomic E-state index is -0.148. The van der Waals surface area contributed by atoms with E-state index in [1.807, 2.05) is 19.9 Å². The molecule has 0 unspecified atom stereocenters. The van der Waals surface area contributed by atoms with E-state index >= 15 is 0 Å². The Morgan fingerprint density at radius 1 is 1.23 bits per heavy atom. The molecule has 1 aromatic heterocycles. The van der Waals surface area contributed by atoms with Crippen molar-refractivity contribution >= 4 is 17.5 Å². The third-order valence-corrected chi connectivity index (χ3v) is 3.86. The number of aromatic nitrogens is 2. The molecule has 2 aromatic carbocycles. The maximum atomic E-state index is 12.2. The number of halogens is 1. The van der Waals surface area contributed by atoms with E-state index in [0.29, 0.717) is 39.2 Å². The zero-order valence-electron chi connectivity index (χ0n) is 14.6. The molecule has 0 saturated heterocycles. The number of carbonyl (C=O) groups excluding carboxylic acids is 1. The van der Waals surface area contributed by atoms with Crippen LogP contribution in [-0.4, -0.2) is 29.2 Å². The third kappa shape index (κ3) is 3.86. The molecule has 0 spiro atoms. The number of hydrogen-bond donors (Lipinski definition) is 1. The molecular formula is C19H18ClN3O3. The molecule has 1 heterocycles. The Morgan fingerprint density at radius 2 is 2.04 bits per heavy atom. The van der Waals surface area contributed by atoms with E-state index in [1.165, 1.54) is 0 Å². The molecule has 3 rings (SSSR count). The standard InChI is InChI=1S/C19H18ClN3O3/c1-11(2)21-18(24)13-6-4-5-12(9-13)17-22-19(26-23-17)15-8-7-14(20)10-16(15)25-3/h4-11H,1-3H3,(H,21,24). The third-order valence-electron chi connectivity index (χ3n) is 3.62. The number of rotatable bonds is 5. The van der Waals surface area contributed by atoms with Crippen LogP contribution in [-0.2, 0) is 0 Å². The van der Waals surface area contributed by atoms with Gasteiger partial charge in [-0.05, 0) is 44.2 Å². The van der Waals surface area contributed by atoms with Crippen LogP contribution in [0, 0.1) is 0 Å². The minimum absolute atomic E-state index is 0.0558. The summed E-state index contributed by atoms with van der Waals surface area (Å²) in [6.07, 6.45) is 0. The average molecular weight is 372 g/mol. The number of ether oxygens (including phenoxy) is 1. The second-order valence-corrected chi connectivity index (χ2v) is 6.41. The fourth-order valence-corrected chi connectivity index (χ4v) is 2.60. The van der Waals surface area contributed by atoms with E-state index < -0.39 is 0 Å². The summed E-state index contributed by atoms with van der Waals surface area (Å²) in [6.45, 7) is 3.82. The lowest BCUT2D eigenvalue weighted by Gasteiger charge is -2.08. The van der Waals surface area contributed by atoms with Gasteiger partial charge in [-0.15, -0.1) is 0 Å². The second kappa shape index (κ2) is 7.58. The fourth-order valence-electron chi connectivity index (χ4n) is 2.44. The predicted molar refractivity (Wildman–Crippen MR) is 99.3 cm³/mol. The maximum Gasteiger partial charge on any atom is 0.262 e. The molecule has 3 aromatic rings. The van der Waals surface area contributed by atoms with Crippen molar-refractivity contribution in [1.82, 2.24) is 15.5 Å². The number of methoxy groups -OCH3 is 1. The zero-order valence-corrected chi connectivity index (χ0v) is 15.4. The Hall–Kier alpha value is -2.86. The Balaban J connectivity index is 1.92. The van der Waals surface area contributed by atoms with Crippen molar-refractivity contribution in [3.05, 3.63) is 53.1 Å². The van der Waals surface area contributed by atoms with E-state index in [-0.39, 0.29) is 11.9 Å². The first kappa shape index (κ1) is 17.9. The molecule has 1 N–H and O–H groups in total. The van der Waals surface area contributed by atoms with Crippen LogP contribution in [0.25, 0.3) is 22.8 Å². The second-order valence-electron chi connectivity index (χ2n) is 5.98. The number of nitrogens with zero attached hydrogens (tertiary/aromatic N) is 2. The highest BCUT2D eigenvalue weighted by Crippen LogP contribution is 2.32. The highest BCUT2D eigenvalue weighted by Gasteiger charge is 2.16. The van der Waals surface area contributed by atoms with Gasteiger partial charge in [0.15, 0.2) is 0 Å². The van der Waals surface area contributed by atoms with Crippen molar-refractivity contribution in [2.24, 2.45) is 0 Å². The van der Waals surface area contributed by atoms with E-state index in [4.69, 9.17) is 20.9 Å². The molecule has 134 valence electrons. The average Bonchev–Trinajstić information content (AvgIpc) is 3.11. The van der Waals surface area contributed by atoms with Gasteiger partial charge in [0.2, 0.25) is 5.82 Å². The Morgan fingerprint density at radius 3 is 2.77 bits per heavy atom. The SMILES string of the molecule is COc1cc(Cl)ccc1-c1nc(-c2cccc(C(=O)NC(C)C)c2)no1. The molecule has 1 amide bonds. The number of amides is 1. The lowest BCUT2D eigenvalue weighted by molar-refractivity contribution is 0.0943. The van der Waals surface area contributed by atoms with Crippen molar-refractivity contribution in [3.63, 3.8) is 0 Å². The normalized spacial score (nSPS) is 10.8. The first-order chi connectivity index (χ1) is 12.5. The van der Waals surface area contributed by atoms with Gasteiger partial charge < -0.3 is 14.6 Å². The van der Waals surface area contributed by atoms with Crippen molar-refractivity contribution in [2.45, 2.75) is 19.9 Å². The van der Waals surface area contributed by atoms with E-state index in [2.05, 4.69) is 15.5 Å². The van der Waals surface area contributed by atoms with Gasteiger partial charge >= 0.3 is 0 Å². The molecule has 0 aliphatic rings. The molecule has 0 saturated carbocycles. The highest BCUT2D eigenvalue weighted by molar-refractivity contribution is 6.30. The largest absolute Gasteiger partial charge is 0.496 e. The van der Waals surface area contributed by atoms with E-state index in [1.54, 1.807) is 43.5 Å². The number of benzene rings is 2. The van der Waals surface area contributed by atoms with Crippen LogP contribution in [0.4, 0.5) is 0 Å². The van der Waals surface area contributed by atoms with Gasteiger partial charge in [-0.2, -0.15) is 4.98 Å². The summed E-state index contributed by atoms with van der Waals surface area (Å²) in [7, 11) is 1.54. The van der Waals surface area contributed by atoms with Gasteiger partial charge in [-0.1, -0.05) is 28.9 Å². The lowest BCUT2D eigenvalue weighted by Crippen LogP contribution is -2.30. The number of carbonyl (C=O) groups is 1. The molecule has 6 nitrogen and oxygen atoms in total. The number of nitrogens with one attached hydrogen (secondary N) is 1. The summed E-state index contributed by atoms with van der Waals surface area (Å²) in [6, 6.07) is 12.3. The van der Waals surface area contributed by atoms with E-state index in [0.717, 1.165) is 0 Å². The summed E-state index contributed by atoms with van der Waals surface area (Å²) in [5.74, 6) is 1.09. The predicted octanol–water partition coefficient (Wildman–Crippen LogP) is 4.20. The van der Waals surface area contributed by atoms with Gasteiger partial charge in [0.1, 0.15) is 5.75 Å². The molecule has 0 aliphatic carbocycles. The van der Waals surface area contributed by atoms with Crippen LogP contribution in [0.2, 0.25) is 5.02 Å². The Kier molecular flexibility index (Phi) is 5.23. The summed E-state index contributed by atoms with van der Waals surface area (Å²) in [5.41, 5.74) is 1.86. The lowest BCUT2D eigenvalue weighted by atomic mass is 10.1. The van der Waals surface area contributed by atoms with Crippen LogP contribution in [0.15, 0.2) is 47.0 Å². The van der Waals surface area contributed by atoms with Crippen LogP contribution in [0.5, 0.6) is 5.75 Å². The Labute approximate surface area is 156 Å². The molecule has 26 heavy (non-hydrogen) atoms. The van der Waals surface area contributed by atoms with Gasteiger partial charge in [0.05, 0.1) is 12.7 Å². The summed E-state index contributed by atoms with van der Waals surface area (Å²) in [4.78, 5) is 16.6. The van der Waals surface area contributed by atoms with Crippen molar-refractivity contribution < 1.29 is 14.1 Å². The first-order valence-corrected chi connectivity index (χ1v) is 8.44. The van der Waals surface area contributed by atoms with Crippen LogP contribution >= 0.6 is 11.6 Å². The smallest absolute Gasteiger partial charge is 0.262 e. The molecule has 0 aliphatic heterocycles. The summed E-state index contributed by atoms with van der Waals surface area (Å²) >= 11 is 5.98. The molecule has 0 bridgehead atoms. The molecule has 7 heteroatoms. The molecule has 0 atom stereocenters. The van der Waals surface area contributed by atoms with Crippen LogP contribution in [0.1, 0.15) is 24.2 Å². The quantitative estimate of drug-likeness (QED) is 0.727. The van der Waals surface area contributed by atoms with Crippen molar-refractivity contribution in [3.8, 4) is 28.6 Å². The van der Waals surface area contributed by atoms with Gasteiger partial charge in [0, 0.05) is 22.2 Å². The van der Waals surface area contributed by atoms with Crippen molar-refractivity contribution in [2.75, 3.05) is 7.11 Å². The van der Waals surface area contributed by atoms with Crippen LogP contribution < -0.4 is 10.1 Å². The highest BCUT2D eigenvalue weighted by atomic mass is 35.5. The summed E-state index contributed by atoms with van der Waals surface area (Å²) < 4.78 is 10.7. The summed E-state index contributed by atoms with van der Waals surface area (Å²) in [5, 5.41) is 7.42. The van der Waals surface area contributed by atoms with Gasteiger partial charge in [-0.3, -0.25) is 4.79 Å². The van der Waals surface area contributed by atoms with Gasteiger partial charge in [-0.25, -0.2) is 0 Å². The fraction of sp³-hybridized carbons (Fsp3) is 0.211. The number of hydrogen-bond acceptors (Lipinski definition) is 5. The minimum Gasteiger partial charge on any atom is -0.496 e. The molecule has 0 fully saturated rings. The van der Waals surface area contributed by atoms with Crippen LogP contribution in [0.3, 0.4) is 0 Å². The Bertz CT molecular complexity index is 937. The van der Waals surface area contributed by atoms with Crippen molar-refractivity contribution in [1.29, 1.82) is 0 Å². The topological polar surface area (TPSA) is 77.2 Å². The first-order valence-electron chi connectivity index (χ1n) is 8.07. The van der Waals surface area contributed by atoms with E-state index in [9.17, 15) is 4.79 Å². The maximum absolute atomic E-state index is 12.2. The zero-order chi connectivity index (χ0) is 18.7.